The second kappa shape index (κ2) is 11.7. The maximum absolute atomic E-state index is 12.6. The van der Waals surface area contributed by atoms with E-state index < -0.39 is 20.5 Å². The van der Waals surface area contributed by atoms with Gasteiger partial charge in [-0.25, -0.2) is 9.98 Å². The highest BCUT2D eigenvalue weighted by Crippen LogP contribution is 2.37. The standard InChI is InChI=1S/C30H38N6O4Si/c1-30(2,3)41(22-12-8-6-9-13-22,23-14-10-7-11-15-23)40-18-24-26(37)21(17-39-24)16-36-20-31-25-27(36)33-29(34-28(25)38)32-19-35(4)5/h6-15,19-21,24,26,37H,16-18H2,1-5H3,(H,33,34,38)/t21?,24-,26?/m1/s1. The highest BCUT2D eigenvalue weighted by Gasteiger charge is 2.51. The first kappa shape index (κ1) is 28.9. The molecule has 5 rings (SSSR count). The molecule has 10 nitrogen and oxygen atoms in total. The zero-order valence-electron chi connectivity index (χ0n) is 24.2. The fraction of sp³-hybridized carbons (Fsp3) is 0.400. The van der Waals surface area contributed by atoms with Crippen LogP contribution in [0.25, 0.3) is 11.2 Å². The van der Waals surface area contributed by atoms with E-state index in [1.54, 1.807) is 22.1 Å². The van der Waals surface area contributed by atoms with Gasteiger partial charge in [-0.05, 0) is 15.4 Å². The molecule has 3 heterocycles. The molecule has 0 radical (unpaired) electrons. The van der Waals surface area contributed by atoms with E-state index >= 15 is 0 Å². The van der Waals surface area contributed by atoms with Crippen molar-refractivity contribution in [1.29, 1.82) is 0 Å². The molecule has 11 heteroatoms. The van der Waals surface area contributed by atoms with Gasteiger partial charge >= 0.3 is 0 Å². The Balaban J connectivity index is 1.37. The minimum Gasteiger partial charge on any atom is -0.405 e. The van der Waals surface area contributed by atoms with E-state index in [1.807, 2.05) is 26.2 Å². The average molecular weight is 575 g/mol. The fourth-order valence-corrected chi connectivity index (χ4v) is 10.2. The molecule has 1 fully saturated rings. The SMILES string of the molecule is CN(C)C=Nc1nc2c(ncn2CC2CO[C@H](CO[Si](c3ccccc3)(c3ccccc3)C(C)(C)C)C2O)c(=O)[nH]1. The summed E-state index contributed by atoms with van der Waals surface area (Å²) in [5, 5.41) is 13.5. The van der Waals surface area contributed by atoms with Crippen molar-refractivity contribution in [2.45, 2.75) is 44.6 Å². The van der Waals surface area contributed by atoms with Crippen LogP contribution in [-0.4, -0.2) is 83.7 Å². The van der Waals surface area contributed by atoms with E-state index in [1.165, 1.54) is 10.4 Å². The van der Waals surface area contributed by atoms with Crippen molar-refractivity contribution >= 4 is 42.1 Å². The lowest BCUT2D eigenvalue weighted by molar-refractivity contribution is 0.00548. The van der Waals surface area contributed by atoms with Crippen molar-refractivity contribution < 1.29 is 14.3 Å². The van der Waals surface area contributed by atoms with E-state index in [-0.39, 0.29) is 34.6 Å². The van der Waals surface area contributed by atoms with Gasteiger partial charge in [-0.2, -0.15) is 4.98 Å². The number of aliphatic hydroxyl groups is 1. The van der Waals surface area contributed by atoms with Gasteiger partial charge in [-0.15, -0.1) is 0 Å². The van der Waals surface area contributed by atoms with Crippen LogP contribution < -0.4 is 15.9 Å². The monoisotopic (exact) mass is 574 g/mol. The van der Waals surface area contributed by atoms with Crippen molar-refractivity contribution in [3.8, 4) is 0 Å². The second-order valence-corrected chi connectivity index (χ2v) is 16.1. The predicted octanol–water partition coefficient (Wildman–Crippen LogP) is 2.29. The van der Waals surface area contributed by atoms with E-state index in [9.17, 15) is 9.90 Å². The first-order chi connectivity index (χ1) is 19.6. The summed E-state index contributed by atoms with van der Waals surface area (Å²) in [5.41, 5.74) is 0.284. The van der Waals surface area contributed by atoms with Gasteiger partial charge in [0.15, 0.2) is 11.2 Å². The summed E-state index contributed by atoms with van der Waals surface area (Å²) in [5.74, 6) is -0.0345. The minimum absolute atomic E-state index is 0.181. The number of rotatable bonds is 9. The Kier molecular flexibility index (Phi) is 8.23. The molecule has 41 heavy (non-hydrogen) atoms. The smallest absolute Gasteiger partial charge is 0.280 e. The summed E-state index contributed by atoms with van der Waals surface area (Å²) in [4.78, 5) is 29.9. The number of ether oxygens (including phenoxy) is 1. The maximum atomic E-state index is 12.6. The van der Waals surface area contributed by atoms with Crippen LogP contribution >= 0.6 is 0 Å². The third-order valence-corrected chi connectivity index (χ3v) is 12.6. The average Bonchev–Trinajstić information content (AvgIpc) is 3.52. The molecule has 1 aliphatic heterocycles. The van der Waals surface area contributed by atoms with Crippen LogP contribution in [0.3, 0.4) is 0 Å². The van der Waals surface area contributed by atoms with Crippen LogP contribution in [0.15, 0.2) is 76.8 Å². The van der Waals surface area contributed by atoms with Crippen LogP contribution in [0.4, 0.5) is 5.95 Å². The molecule has 0 bridgehead atoms. The summed E-state index contributed by atoms with van der Waals surface area (Å²) < 4.78 is 14.9. The lowest BCUT2D eigenvalue weighted by Gasteiger charge is -2.43. The molecule has 2 N–H and O–H groups in total. The number of aromatic nitrogens is 4. The van der Waals surface area contributed by atoms with Crippen molar-refractivity contribution in [2.24, 2.45) is 10.9 Å². The summed E-state index contributed by atoms with van der Waals surface area (Å²) in [6.07, 6.45) is 1.88. The highest BCUT2D eigenvalue weighted by atomic mass is 28.4. The van der Waals surface area contributed by atoms with Gasteiger partial charge in [0.25, 0.3) is 13.9 Å². The fourth-order valence-electron chi connectivity index (χ4n) is 5.58. The molecule has 1 aliphatic rings. The number of hydrogen-bond acceptors (Lipinski definition) is 7. The number of nitrogens with zero attached hydrogens (tertiary/aromatic N) is 5. The highest BCUT2D eigenvalue weighted by molar-refractivity contribution is 6.99. The first-order valence-electron chi connectivity index (χ1n) is 13.8. The third-order valence-electron chi connectivity index (χ3n) is 7.57. The van der Waals surface area contributed by atoms with E-state index in [4.69, 9.17) is 9.16 Å². The van der Waals surface area contributed by atoms with Crippen LogP contribution in [0, 0.1) is 5.92 Å². The zero-order valence-corrected chi connectivity index (χ0v) is 25.2. The number of aromatic amines is 1. The van der Waals surface area contributed by atoms with Crippen molar-refractivity contribution in [3.63, 3.8) is 0 Å². The van der Waals surface area contributed by atoms with Crippen LogP contribution in [0.1, 0.15) is 20.8 Å². The number of fused-ring (bicyclic) bond motifs is 1. The molecule has 2 unspecified atom stereocenters. The molecule has 2 aromatic carbocycles. The normalized spacial score (nSPS) is 19.8. The first-order valence-corrected chi connectivity index (χ1v) is 15.7. The summed E-state index contributed by atoms with van der Waals surface area (Å²) in [6.45, 7) is 7.68. The van der Waals surface area contributed by atoms with Gasteiger partial charge < -0.3 is 23.7 Å². The number of aliphatic imine (C=N–C) groups is 1. The summed E-state index contributed by atoms with van der Waals surface area (Å²) >= 11 is 0. The number of aliphatic hydroxyl groups excluding tert-OH is 1. The number of benzene rings is 2. The Labute approximate surface area is 240 Å². The molecular weight excluding hydrogens is 536 g/mol. The molecule has 0 spiro atoms. The number of hydrogen-bond donors (Lipinski definition) is 2. The lowest BCUT2D eigenvalue weighted by atomic mass is 10.0. The topological polar surface area (TPSA) is 118 Å². The summed E-state index contributed by atoms with van der Waals surface area (Å²) in [7, 11) is 0.898. The maximum Gasteiger partial charge on any atom is 0.280 e. The molecule has 1 saturated heterocycles. The molecule has 0 amide bonds. The van der Waals surface area contributed by atoms with Crippen molar-refractivity contribution in [2.75, 3.05) is 27.3 Å². The van der Waals surface area contributed by atoms with E-state index in [0.29, 0.717) is 18.8 Å². The number of nitrogens with one attached hydrogen (secondary N) is 1. The Hall–Kier alpha value is -3.64. The Morgan fingerprint density at radius 1 is 1.15 bits per heavy atom. The molecule has 0 aliphatic carbocycles. The molecular formula is C30H38N6O4Si. The number of H-pyrrole nitrogens is 1. The Morgan fingerprint density at radius 2 is 1.78 bits per heavy atom. The quantitative estimate of drug-likeness (QED) is 0.179. The van der Waals surface area contributed by atoms with Gasteiger partial charge in [0.1, 0.15) is 6.10 Å². The Morgan fingerprint density at radius 3 is 2.37 bits per heavy atom. The molecule has 2 aromatic heterocycles. The summed E-state index contributed by atoms with van der Waals surface area (Å²) in [6, 6.07) is 20.8. The predicted molar refractivity (Wildman–Crippen MR) is 163 cm³/mol. The van der Waals surface area contributed by atoms with Gasteiger partial charge in [-0.3, -0.25) is 9.78 Å². The minimum atomic E-state index is -2.77. The lowest BCUT2D eigenvalue weighted by Crippen LogP contribution is -2.67. The van der Waals surface area contributed by atoms with Gasteiger partial charge in [0.05, 0.1) is 32.0 Å². The zero-order chi connectivity index (χ0) is 29.2. The van der Waals surface area contributed by atoms with Crippen LogP contribution in [0.5, 0.6) is 0 Å². The third kappa shape index (κ3) is 5.75. The second-order valence-electron chi connectivity index (χ2n) is 11.8. The van der Waals surface area contributed by atoms with Gasteiger partial charge in [0, 0.05) is 26.6 Å². The molecule has 216 valence electrons. The molecule has 3 atom stereocenters. The molecule has 0 saturated carbocycles. The van der Waals surface area contributed by atoms with E-state index in [0.717, 1.165) is 0 Å². The van der Waals surface area contributed by atoms with Crippen LogP contribution in [-0.2, 0) is 15.7 Å². The van der Waals surface area contributed by atoms with Gasteiger partial charge in [-0.1, -0.05) is 81.4 Å². The van der Waals surface area contributed by atoms with Crippen molar-refractivity contribution in [3.05, 3.63) is 77.3 Å². The van der Waals surface area contributed by atoms with E-state index in [2.05, 4.69) is 89.2 Å². The number of imidazole rings is 1. The van der Waals surface area contributed by atoms with Gasteiger partial charge in [0.2, 0.25) is 5.95 Å². The Bertz CT molecular complexity index is 1510. The molecule has 4 aromatic rings. The largest absolute Gasteiger partial charge is 0.405 e. The van der Waals surface area contributed by atoms with Crippen molar-refractivity contribution in [1.82, 2.24) is 24.4 Å². The van der Waals surface area contributed by atoms with Crippen LogP contribution in [0.2, 0.25) is 5.04 Å².